The van der Waals surface area contributed by atoms with E-state index in [-0.39, 0.29) is 12.4 Å². The minimum absolute atomic E-state index is 0.0222. The minimum atomic E-state index is 0.0222. The third-order valence-corrected chi connectivity index (χ3v) is 1.90. The molecule has 0 aromatic heterocycles. The van der Waals surface area contributed by atoms with Crippen LogP contribution in [0.25, 0.3) is 6.08 Å². The highest BCUT2D eigenvalue weighted by Crippen LogP contribution is 2.11. The molecule has 0 aliphatic rings. The molecule has 0 saturated heterocycles. The zero-order chi connectivity index (χ0) is 10.4. The Morgan fingerprint density at radius 2 is 2.14 bits per heavy atom. The lowest BCUT2D eigenvalue weighted by Crippen LogP contribution is -1.98. The lowest BCUT2D eigenvalue weighted by molar-refractivity contribution is -0.116. The maximum absolute atomic E-state index is 11.0. The van der Waals surface area contributed by atoms with E-state index in [9.17, 15) is 4.79 Å². The van der Waals surface area contributed by atoms with Crippen LogP contribution >= 0.6 is 0 Å². The molecular formula is C12H14O2. The molecule has 0 heterocycles. The Labute approximate surface area is 83.9 Å². The predicted molar refractivity (Wildman–Crippen MR) is 56.9 cm³/mol. The number of carbonyl (C=O) groups is 1. The molecule has 1 rings (SSSR count). The summed E-state index contributed by atoms with van der Waals surface area (Å²) in [5.74, 6) is 0.148. The zero-order valence-electron chi connectivity index (χ0n) is 8.23. The van der Waals surface area contributed by atoms with Gasteiger partial charge in [0.2, 0.25) is 0 Å². The minimum Gasteiger partial charge on any atom is -0.392 e. The predicted octanol–water partition coefficient (Wildman–Crippen LogP) is 1.82. The third kappa shape index (κ3) is 3.15. The Bertz CT molecular complexity index is 340. The van der Waals surface area contributed by atoms with Crippen molar-refractivity contribution < 1.29 is 9.90 Å². The highest BCUT2D eigenvalue weighted by molar-refractivity contribution is 5.79. The second-order valence-electron chi connectivity index (χ2n) is 3.16. The summed E-state index contributed by atoms with van der Waals surface area (Å²) in [6.07, 6.45) is 3.95. The standard InChI is InChI=1S/C12H14O2/c1-10(14)9-12-6-3-2-5-11(12)7-4-8-13/h2-7,13H,8-9H2,1H3. The van der Waals surface area contributed by atoms with Crippen molar-refractivity contribution in [2.24, 2.45) is 0 Å². The molecule has 0 aliphatic carbocycles. The van der Waals surface area contributed by atoms with Crippen LogP contribution in [-0.2, 0) is 11.2 Å². The molecule has 0 unspecified atom stereocenters. The van der Waals surface area contributed by atoms with Gasteiger partial charge in [-0.2, -0.15) is 0 Å². The summed E-state index contributed by atoms with van der Waals surface area (Å²) < 4.78 is 0. The number of benzene rings is 1. The topological polar surface area (TPSA) is 37.3 Å². The lowest BCUT2D eigenvalue weighted by Gasteiger charge is -2.02. The molecule has 0 atom stereocenters. The quantitative estimate of drug-likeness (QED) is 0.786. The molecule has 0 amide bonds. The van der Waals surface area contributed by atoms with Gasteiger partial charge in [0.1, 0.15) is 5.78 Å². The second-order valence-corrected chi connectivity index (χ2v) is 3.16. The van der Waals surface area contributed by atoms with Gasteiger partial charge in [-0.05, 0) is 18.1 Å². The van der Waals surface area contributed by atoms with Crippen molar-refractivity contribution in [1.29, 1.82) is 0 Å². The second kappa shape index (κ2) is 5.35. The average molecular weight is 190 g/mol. The van der Waals surface area contributed by atoms with E-state index in [2.05, 4.69) is 0 Å². The van der Waals surface area contributed by atoms with E-state index < -0.39 is 0 Å². The number of carbonyl (C=O) groups excluding carboxylic acids is 1. The Morgan fingerprint density at radius 1 is 1.43 bits per heavy atom. The molecule has 1 N–H and O–H groups in total. The van der Waals surface area contributed by atoms with Gasteiger partial charge >= 0.3 is 0 Å². The molecule has 14 heavy (non-hydrogen) atoms. The van der Waals surface area contributed by atoms with Crippen LogP contribution in [0.1, 0.15) is 18.1 Å². The van der Waals surface area contributed by atoms with Crippen LogP contribution in [0.4, 0.5) is 0 Å². The average Bonchev–Trinajstić information content (AvgIpc) is 2.16. The van der Waals surface area contributed by atoms with Crippen molar-refractivity contribution in [3.05, 3.63) is 41.5 Å². The number of ketones is 1. The van der Waals surface area contributed by atoms with Gasteiger partial charge in [0, 0.05) is 6.42 Å². The lowest BCUT2D eigenvalue weighted by atomic mass is 10.0. The molecule has 0 bridgehead atoms. The van der Waals surface area contributed by atoms with Gasteiger partial charge < -0.3 is 5.11 Å². The van der Waals surface area contributed by atoms with Crippen LogP contribution < -0.4 is 0 Å². The first kappa shape index (κ1) is 10.7. The van der Waals surface area contributed by atoms with Gasteiger partial charge in [0.25, 0.3) is 0 Å². The van der Waals surface area contributed by atoms with E-state index in [0.717, 1.165) is 11.1 Å². The first-order valence-electron chi connectivity index (χ1n) is 4.59. The molecule has 1 aromatic rings. The normalized spacial score (nSPS) is 10.7. The number of aliphatic hydroxyl groups is 1. The zero-order valence-corrected chi connectivity index (χ0v) is 8.23. The monoisotopic (exact) mass is 190 g/mol. The molecule has 0 spiro atoms. The Morgan fingerprint density at radius 3 is 2.79 bits per heavy atom. The Balaban J connectivity index is 2.90. The molecule has 2 heteroatoms. The summed E-state index contributed by atoms with van der Waals surface area (Å²) in [5.41, 5.74) is 2.00. The SMILES string of the molecule is CC(=O)Cc1ccccc1C=CCO. The summed E-state index contributed by atoms with van der Waals surface area (Å²) in [5, 5.41) is 8.65. The maximum atomic E-state index is 11.0. The van der Waals surface area contributed by atoms with Gasteiger partial charge in [0.05, 0.1) is 6.61 Å². The summed E-state index contributed by atoms with van der Waals surface area (Å²) in [6, 6.07) is 7.69. The van der Waals surface area contributed by atoms with Gasteiger partial charge in [0.15, 0.2) is 0 Å². The largest absolute Gasteiger partial charge is 0.392 e. The van der Waals surface area contributed by atoms with Gasteiger partial charge in [-0.1, -0.05) is 36.4 Å². The van der Waals surface area contributed by atoms with E-state index in [0.29, 0.717) is 6.42 Å². The number of hydrogen-bond acceptors (Lipinski definition) is 2. The number of aliphatic hydroxyl groups excluding tert-OH is 1. The van der Waals surface area contributed by atoms with E-state index >= 15 is 0 Å². The number of Topliss-reactive ketones (excluding diaryl/α,β-unsaturated/α-hetero) is 1. The summed E-state index contributed by atoms with van der Waals surface area (Å²) in [6.45, 7) is 1.60. The van der Waals surface area contributed by atoms with Crippen molar-refractivity contribution in [2.75, 3.05) is 6.61 Å². The van der Waals surface area contributed by atoms with Crippen LogP contribution in [0, 0.1) is 0 Å². The van der Waals surface area contributed by atoms with Crippen molar-refractivity contribution in [1.82, 2.24) is 0 Å². The summed E-state index contributed by atoms with van der Waals surface area (Å²) in [7, 11) is 0. The van der Waals surface area contributed by atoms with Crippen LogP contribution in [-0.4, -0.2) is 17.5 Å². The van der Waals surface area contributed by atoms with Crippen molar-refractivity contribution >= 4 is 11.9 Å². The fraction of sp³-hybridized carbons (Fsp3) is 0.250. The molecule has 0 aliphatic heterocycles. The third-order valence-electron chi connectivity index (χ3n) is 1.90. The van der Waals surface area contributed by atoms with Crippen LogP contribution in [0.2, 0.25) is 0 Å². The summed E-state index contributed by atoms with van der Waals surface area (Å²) in [4.78, 5) is 11.0. The van der Waals surface area contributed by atoms with Crippen molar-refractivity contribution in [3.63, 3.8) is 0 Å². The van der Waals surface area contributed by atoms with E-state index in [1.807, 2.05) is 30.3 Å². The summed E-state index contributed by atoms with van der Waals surface area (Å²) >= 11 is 0. The van der Waals surface area contributed by atoms with Gasteiger partial charge in [-0.25, -0.2) is 0 Å². The molecule has 2 nitrogen and oxygen atoms in total. The number of rotatable bonds is 4. The smallest absolute Gasteiger partial charge is 0.134 e. The fourth-order valence-electron chi connectivity index (χ4n) is 1.31. The molecule has 0 saturated carbocycles. The highest BCUT2D eigenvalue weighted by Gasteiger charge is 2.00. The van der Waals surface area contributed by atoms with Crippen LogP contribution in [0.5, 0.6) is 0 Å². The molecule has 1 aromatic carbocycles. The van der Waals surface area contributed by atoms with Gasteiger partial charge in [-0.3, -0.25) is 4.79 Å². The van der Waals surface area contributed by atoms with Crippen molar-refractivity contribution in [3.8, 4) is 0 Å². The first-order chi connectivity index (χ1) is 6.74. The van der Waals surface area contributed by atoms with Crippen LogP contribution in [0.15, 0.2) is 30.3 Å². The fourth-order valence-corrected chi connectivity index (χ4v) is 1.31. The van der Waals surface area contributed by atoms with E-state index in [4.69, 9.17) is 5.11 Å². The van der Waals surface area contributed by atoms with Crippen molar-refractivity contribution in [2.45, 2.75) is 13.3 Å². The van der Waals surface area contributed by atoms with Crippen LogP contribution in [0.3, 0.4) is 0 Å². The van der Waals surface area contributed by atoms with Gasteiger partial charge in [-0.15, -0.1) is 0 Å². The Hall–Kier alpha value is -1.41. The first-order valence-corrected chi connectivity index (χ1v) is 4.59. The molecule has 74 valence electrons. The number of hydrogen-bond donors (Lipinski definition) is 1. The highest BCUT2D eigenvalue weighted by atomic mass is 16.2. The molecular weight excluding hydrogens is 176 g/mol. The molecule has 0 fully saturated rings. The Kier molecular flexibility index (Phi) is 4.08. The molecule has 0 radical (unpaired) electrons. The van der Waals surface area contributed by atoms with E-state index in [1.54, 1.807) is 13.0 Å². The van der Waals surface area contributed by atoms with E-state index in [1.165, 1.54) is 0 Å². The maximum Gasteiger partial charge on any atom is 0.134 e.